The van der Waals surface area contributed by atoms with E-state index in [1.165, 1.54) is 12.1 Å². The maximum absolute atomic E-state index is 11.9. The Balaban J connectivity index is 2.07. The molecule has 8 heteroatoms. The van der Waals surface area contributed by atoms with Crippen LogP contribution < -0.4 is 9.47 Å². The van der Waals surface area contributed by atoms with Gasteiger partial charge in [-0.1, -0.05) is 34.8 Å². The predicted molar refractivity (Wildman–Crippen MR) is 92.1 cm³/mol. The normalized spacial score (nSPS) is 10.3. The third kappa shape index (κ3) is 4.85. The van der Waals surface area contributed by atoms with Crippen LogP contribution in [0, 0.1) is 0 Å². The standard InChI is InChI=1S/C15H8BrCl3O4/c16-11-4-9(17)1-2-13(11)22-7-14(21)23-15-8(6-20)3-10(18)5-12(15)19/h1-6H,7H2. The number of esters is 1. The van der Waals surface area contributed by atoms with Crippen LogP contribution in [0.1, 0.15) is 10.4 Å². The highest BCUT2D eigenvalue weighted by Gasteiger charge is 2.15. The molecular weight excluding hydrogens is 430 g/mol. The van der Waals surface area contributed by atoms with E-state index in [1.807, 2.05) is 0 Å². The molecule has 0 fully saturated rings. The summed E-state index contributed by atoms with van der Waals surface area (Å²) in [6.07, 6.45) is 0.497. The van der Waals surface area contributed by atoms with Crippen LogP contribution >= 0.6 is 50.7 Å². The third-order valence-corrected chi connectivity index (χ3v) is 3.97. The van der Waals surface area contributed by atoms with Gasteiger partial charge >= 0.3 is 5.97 Å². The Morgan fingerprint density at radius 3 is 2.52 bits per heavy atom. The first kappa shape index (κ1) is 18.1. The molecule has 2 aromatic carbocycles. The van der Waals surface area contributed by atoms with E-state index in [2.05, 4.69) is 15.9 Å². The first-order valence-corrected chi connectivity index (χ1v) is 8.06. The number of benzene rings is 2. The van der Waals surface area contributed by atoms with Crippen LogP contribution in [0.4, 0.5) is 0 Å². The minimum absolute atomic E-state index is 0.0561. The van der Waals surface area contributed by atoms with Gasteiger partial charge in [-0.05, 0) is 46.3 Å². The van der Waals surface area contributed by atoms with Crippen molar-refractivity contribution in [3.05, 3.63) is 55.4 Å². The van der Waals surface area contributed by atoms with E-state index in [0.29, 0.717) is 21.5 Å². The number of hydrogen-bond acceptors (Lipinski definition) is 4. The molecule has 120 valence electrons. The Kier molecular flexibility index (Phi) is 6.30. The van der Waals surface area contributed by atoms with Crippen molar-refractivity contribution in [1.29, 1.82) is 0 Å². The number of rotatable bonds is 5. The quantitative estimate of drug-likeness (QED) is 0.366. The second kappa shape index (κ2) is 8.02. The third-order valence-electron chi connectivity index (χ3n) is 2.62. The van der Waals surface area contributed by atoms with Gasteiger partial charge in [0.1, 0.15) is 5.75 Å². The summed E-state index contributed by atoms with van der Waals surface area (Å²) in [6, 6.07) is 7.57. The molecule has 0 bridgehead atoms. The van der Waals surface area contributed by atoms with Gasteiger partial charge in [0.15, 0.2) is 18.6 Å². The number of carbonyl (C=O) groups is 2. The molecule has 0 N–H and O–H groups in total. The minimum Gasteiger partial charge on any atom is -0.481 e. The fourth-order valence-corrected chi connectivity index (χ4v) is 2.99. The topological polar surface area (TPSA) is 52.6 Å². The van der Waals surface area contributed by atoms with Crippen molar-refractivity contribution in [1.82, 2.24) is 0 Å². The van der Waals surface area contributed by atoms with Gasteiger partial charge in [0.05, 0.1) is 15.1 Å². The lowest BCUT2D eigenvalue weighted by molar-refractivity contribution is -0.136. The van der Waals surface area contributed by atoms with Crippen LogP contribution in [0.2, 0.25) is 15.1 Å². The van der Waals surface area contributed by atoms with Gasteiger partial charge in [-0.25, -0.2) is 4.79 Å². The first-order chi connectivity index (χ1) is 10.9. The average molecular weight is 438 g/mol. The summed E-state index contributed by atoms with van der Waals surface area (Å²) in [7, 11) is 0. The van der Waals surface area contributed by atoms with Crippen LogP contribution in [0.25, 0.3) is 0 Å². The van der Waals surface area contributed by atoms with E-state index in [9.17, 15) is 9.59 Å². The molecule has 0 saturated carbocycles. The summed E-state index contributed by atoms with van der Waals surface area (Å²) in [6.45, 7) is -0.377. The van der Waals surface area contributed by atoms with Crippen molar-refractivity contribution >= 4 is 63.0 Å². The maximum Gasteiger partial charge on any atom is 0.349 e. The average Bonchev–Trinajstić information content (AvgIpc) is 2.48. The van der Waals surface area contributed by atoms with Crippen molar-refractivity contribution in [3.63, 3.8) is 0 Å². The molecule has 0 radical (unpaired) electrons. The first-order valence-electron chi connectivity index (χ1n) is 6.13. The van der Waals surface area contributed by atoms with E-state index in [4.69, 9.17) is 44.3 Å². The molecule has 2 aromatic rings. The van der Waals surface area contributed by atoms with Crippen molar-refractivity contribution < 1.29 is 19.1 Å². The summed E-state index contributed by atoms with van der Waals surface area (Å²) in [5.74, 6) is -0.363. The van der Waals surface area contributed by atoms with Crippen LogP contribution in [0.3, 0.4) is 0 Å². The van der Waals surface area contributed by atoms with Crippen molar-refractivity contribution in [3.8, 4) is 11.5 Å². The van der Waals surface area contributed by atoms with Gasteiger partial charge in [0, 0.05) is 10.0 Å². The van der Waals surface area contributed by atoms with Crippen molar-refractivity contribution in [2.75, 3.05) is 6.61 Å². The van der Waals surface area contributed by atoms with Gasteiger partial charge in [-0.2, -0.15) is 0 Å². The zero-order chi connectivity index (χ0) is 17.0. The minimum atomic E-state index is -0.723. The summed E-state index contributed by atoms with van der Waals surface area (Å²) >= 11 is 20.8. The zero-order valence-electron chi connectivity index (χ0n) is 11.3. The lowest BCUT2D eigenvalue weighted by Gasteiger charge is -2.11. The fraction of sp³-hybridized carbons (Fsp3) is 0.0667. The molecule has 0 unspecified atom stereocenters. The van der Waals surface area contributed by atoms with E-state index in [-0.39, 0.29) is 28.0 Å². The van der Waals surface area contributed by atoms with Gasteiger partial charge < -0.3 is 9.47 Å². The Labute approximate surface area is 155 Å². The molecule has 0 aromatic heterocycles. The molecule has 0 aliphatic rings. The lowest BCUT2D eigenvalue weighted by atomic mass is 10.2. The fourth-order valence-electron chi connectivity index (χ4n) is 1.65. The molecule has 2 rings (SSSR count). The van der Waals surface area contributed by atoms with Crippen LogP contribution in [-0.2, 0) is 4.79 Å². The molecule has 0 spiro atoms. The molecular formula is C15H8BrCl3O4. The zero-order valence-corrected chi connectivity index (χ0v) is 15.2. The van der Waals surface area contributed by atoms with Gasteiger partial charge in [-0.15, -0.1) is 0 Å². The SMILES string of the molecule is O=Cc1cc(Cl)cc(Cl)c1OC(=O)COc1ccc(Cl)cc1Br. The van der Waals surface area contributed by atoms with Crippen molar-refractivity contribution in [2.24, 2.45) is 0 Å². The second-order valence-corrected chi connectivity index (χ2v) is 6.40. The second-order valence-electron chi connectivity index (χ2n) is 4.26. The van der Waals surface area contributed by atoms with E-state index >= 15 is 0 Å². The highest BCUT2D eigenvalue weighted by atomic mass is 79.9. The summed E-state index contributed by atoms with van der Waals surface area (Å²) in [5, 5.41) is 0.842. The molecule has 0 amide bonds. The molecule has 0 saturated heterocycles. The van der Waals surface area contributed by atoms with E-state index in [0.717, 1.165) is 0 Å². The van der Waals surface area contributed by atoms with Crippen LogP contribution in [-0.4, -0.2) is 18.9 Å². The van der Waals surface area contributed by atoms with Crippen LogP contribution in [0.15, 0.2) is 34.8 Å². The number of halogens is 4. The van der Waals surface area contributed by atoms with Gasteiger partial charge in [-0.3, -0.25) is 4.79 Å². The molecule has 0 atom stereocenters. The highest BCUT2D eigenvalue weighted by molar-refractivity contribution is 9.10. The molecule has 23 heavy (non-hydrogen) atoms. The van der Waals surface area contributed by atoms with Crippen LogP contribution in [0.5, 0.6) is 11.5 Å². The number of ether oxygens (including phenoxy) is 2. The maximum atomic E-state index is 11.9. The molecule has 0 aliphatic carbocycles. The van der Waals surface area contributed by atoms with Gasteiger partial charge in [0.25, 0.3) is 0 Å². The smallest absolute Gasteiger partial charge is 0.349 e. The number of aldehydes is 1. The summed E-state index contributed by atoms with van der Waals surface area (Å²) in [4.78, 5) is 22.9. The Morgan fingerprint density at radius 1 is 1.13 bits per heavy atom. The number of carbonyl (C=O) groups excluding carboxylic acids is 2. The summed E-state index contributed by atoms with van der Waals surface area (Å²) in [5.41, 5.74) is 0.0727. The Morgan fingerprint density at radius 2 is 1.87 bits per heavy atom. The van der Waals surface area contributed by atoms with Gasteiger partial charge in [0.2, 0.25) is 0 Å². The van der Waals surface area contributed by atoms with Crippen molar-refractivity contribution in [2.45, 2.75) is 0 Å². The number of hydrogen-bond donors (Lipinski definition) is 0. The largest absolute Gasteiger partial charge is 0.481 e. The van der Waals surface area contributed by atoms with E-state index in [1.54, 1.807) is 18.2 Å². The Hall–Kier alpha value is -1.27. The molecule has 0 aliphatic heterocycles. The summed E-state index contributed by atoms with van der Waals surface area (Å²) < 4.78 is 11.0. The highest BCUT2D eigenvalue weighted by Crippen LogP contribution is 2.32. The predicted octanol–water partition coefficient (Wildman–Crippen LogP) is 5.21. The molecule has 4 nitrogen and oxygen atoms in total. The monoisotopic (exact) mass is 436 g/mol. The van der Waals surface area contributed by atoms with E-state index < -0.39 is 5.97 Å². The molecule has 0 heterocycles. The lowest BCUT2D eigenvalue weighted by Crippen LogP contribution is -2.18. The Bertz CT molecular complexity index is 765.